The molecule has 2 rings (SSSR count). The van der Waals surface area contributed by atoms with Crippen LogP contribution in [0.3, 0.4) is 0 Å². The molecule has 0 aromatic carbocycles. The van der Waals surface area contributed by atoms with Crippen LogP contribution in [0.5, 0.6) is 0 Å². The van der Waals surface area contributed by atoms with Crippen molar-refractivity contribution in [3.8, 4) is 0 Å². The Kier molecular flexibility index (Phi) is 4.05. The van der Waals surface area contributed by atoms with Crippen LogP contribution < -0.4 is 5.32 Å². The van der Waals surface area contributed by atoms with E-state index in [2.05, 4.69) is 38.2 Å². The molecule has 3 heteroatoms. The molecule has 1 fully saturated rings. The Bertz CT molecular complexity index is 525. The average Bonchev–Trinajstić information content (AvgIpc) is 2.33. The highest BCUT2D eigenvalue weighted by atomic mass is 16.1. The van der Waals surface area contributed by atoms with E-state index >= 15 is 0 Å². The van der Waals surface area contributed by atoms with Crippen LogP contribution in [-0.2, 0) is 4.79 Å². The zero-order valence-electron chi connectivity index (χ0n) is 14.2. The fourth-order valence-corrected chi connectivity index (χ4v) is 3.34. The van der Waals surface area contributed by atoms with Gasteiger partial charge in [0.15, 0.2) is 5.78 Å². The van der Waals surface area contributed by atoms with E-state index in [4.69, 9.17) is 0 Å². The van der Waals surface area contributed by atoms with E-state index in [0.717, 1.165) is 18.5 Å². The van der Waals surface area contributed by atoms with Crippen molar-refractivity contribution in [3.05, 3.63) is 35.7 Å². The molecule has 0 radical (unpaired) electrons. The van der Waals surface area contributed by atoms with Crippen molar-refractivity contribution in [2.75, 3.05) is 14.1 Å². The van der Waals surface area contributed by atoms with E-state index in [9.17, 15) is 4.79 Å². The third-order valence-electron chi connectivity index (χ3n) is 4.43. The molecule has 2 unspecified atom stereocenters. The van der Waals surface area contributed by atoms with Gasteiger partial charge in [-0.05, 0) is 57.3 Å². The molecule has 3 nitrogen and oxygen atoms in total. The Morgan fingerprint density at radius 2 is 2.05 bits per heavy atom. The van der Waals surface area contributed by atoms with Crippen LogP contribution in [0.1, 0.15) is 40.5 Å². The second-order valence-electron chi connectivity index (χ2n) is 7.60. The Labute approximate surface area is 128 Å². The number of rotatable bonds is 3. The topological polar surface area (TPSA) is 32.3 Å². The number of allylic oxidation sites excluding steroid dienone is 4. The highest BCUT2D eigenvalue weighted by Crippen LogP contribution is 2.41. The number of carbonyl (C=O) groups is 1. The molecule has 1 aliphatic carbocycles. The third kappa shape index (κ3) is 3.39. The summed E-state index contributed by atoms with van der Waals surface area (Å²) in [5.74, 6) is 0.710. The standard InChI is InChI=1S/C18H28N2O/c1-13-11-17(2,3)19-15-12-18(4,9-7-14(13)15)16(21)8-10-20(5)6/h7-8,10,12-13,19H,9,11H2,1-6H3/b10-8+. The monoisotopic (exact) mass is 288 g/mol. The van der Waals surface area contributed by atoms with Crippen molar-refractivity contribution in [2.45, 2.75) is 46.1 Å². The van der Waals surface area contributed by atoms with Crippen LogP contribution in [0.25, 0.3) is 0 Å². The molecule has 1 aliphatic heterocycles. The summed E-state index contributed by atoms with van der Waals surface area (Å²) >= 11 is 0. The van der Waals surface area contributed by atoms with Crippen molar-refractivity contribution < 1.29 is 4.79 Å². The SMILES string of the molecule is CC1CC(C)(C)NC2=CC(C)(C(=O)/C=C/N(C)C)CC=C21. The largest absolute Gasteiger partial charge is 0.383 e. The van der Waals surface area contributed by atoms with Crippen LogP contribution in [0.4, 0.5) is 0 Å². The summed E-state index contributed by atoms with van der Waals surface area (Å²) in [5.41, 5.74) is 2.17. The van der Waals surface area contributed by atoms with Gasteiger partial charge in [-0.15, -0.1) is 0 Å². The first-order valence-corrected chi connectivity index (χ1v) is 7.73. The van der Waals surface area contributed by atoms with Crippen LogP contribution >= 0.6 is 0 Å². The number of nitrogens with zero attached hydrogens (tertiary/aromatic N) is 1. The lowest BCUT2D eigenvalue weighted by atomic mass is 9.71. The van der Waals surface area contributed by atoms with Crippen molar-refractivity contribution in [2.24, 2.45) is 11.3 Å². The van der Waals surface area contributed by atoms with E-state index in [0.29, 0.717) is 5.92 Å². The second kappa shape index (κ2) is 5.36. The minimum absolute atomic E-state index is 0.0867. The Balaban J connectivity index is 2.27. The third-order valence-corrected chi connectivity index (χ3v) is 4.43. The molecular formula is C18H28N2O. The van der Waals surface area contributed by atoms with Gasteiger partial charge in [0, 0.05) is 31.5 Å². The van der Waals surface area contributed by atoms with Gasteiger partial charge in [0.25, 0.3) is 0 Å². The van der Waals surface area contributed by atoms with Crippen molar-refractivity contribution in [1.29, 1.82) is 0 Å². The van der Waals surface area contributed by atoms with E-state index < -0.39 is 5.41 Å². The molecule has 0 aromatic heterocycles. The normalized spacial score (nSPS) is 31.0. The first-order valence-electron chi connectivity index (χ1n) is 7.73. The highest BCUT2D eigenvalue weighted by Gasteiger charge is 2.38. The highest BCUT2D eigenvalue weighted by molar-refractivity contribution is 5.96. The molecule has 0 bridgehead atoms. The fraction of sp³-hybridized carbons (Fsp3) is 0.611. The number of hydrogen-bond acceptors (Lipinski definition) is 3. The number of piperidine rings is 1. The molecule has 0 amide bonds. The van der Waals surface area contributed by atoms with Crippen LogP contribution in [0, 0.1) is 11.3 Å². The van der Waals surface area contributed by atoms with Gasteiger partial charge in [0.05, 0.1) is 5.41 Å². The fourth-order valence-electron chi connectivity index (χ4n) is 3.34. The predicted octanol–water partition coefficient (Wildman–Crippen LogP) is 3.26. The van der Waals surface area contributed by atoms with Crippen LogP contribution in [-0.4, -0.2) is 30.3 Å². The maximum Gasteiger partial charge on any atom is 0.167 e. The Hall–Kier alpha value is -1.51. The first-order chi connectivity index (χ1) is 9.63. The molecule has 21 heavy (non-hydrogen) atoms. The number of ketones is 1. The molecule has 116 valence electrons. The lowest BCUT2D eigenvalue weighted by molar-refractivity contribution is -0.120. The summed E-state index contributed by atoms with van der Waals surface area (Å²) in [7, 11) is 3.85. The molecule has 1 saturated heterocycles. The smallest absolute Gasteiger partial charge is 0.167 e. The number of nitrogens with one attached hydrogen (secondary N) is 1. The minimum atomic E-state index is -0.439. The molecular weight excluding hydrogens is 260 g/mol. The van der Waals surface area contributed by atoms with Gasteiger partial charge in [-0.25, -0.2) is 0 Å². The van der Waals surface area contributed by atoms with Crippen LogP contribution in [0.15, 0.2) is 35.7 Å². The Morgan fingerprint density at radius 1 is 1.38 bits per heavy atom. The summed E-state index contributed by atoms with van der Waals surface area (Å²) in [4.78, 5) is 14.4. The van der Waals surface area contributed by atoms with Crippen molar-refractivity contribution in [1.82, 2.24) is 10.2 Å². The zero-order chi connectivity index (χ0) is 15.8. The van der Waals surface area contributed by atoms with Crippen molar-refractivity contribution in [3.63, 3.8) is 0 Å². The molecule has 2 aliphatic rings. The molecule has 0 aromatic rings. The summed E-state index contributed by atoms with van der Waals surface area (Å²) < 4.78 is 0. The van der Waals surface area contributed by atoms with Gasteiger partial charge in [0.2, 0.25) is 0 Å². The lowest BCUT2D eigenvalue weighted by Crippen LogP contribution is -2.47. The lowest BCUT2D eigenvalue weighted by Gasteiger charge is -2.43. The van der Waals surface area contributed by atoms with E-state index in [-0.39, 0.29) is 11.3 Å². The van der Waals surface area contributed by atoms with Gasteiger partial charge in [0.1, 0.15) is 0 Å². The van der Waals surface area contributed by atoms with E-state index in [1.54, 1.807) is 6.08 Å². The summed E-state index contributed by atoms with van der Waals surface area (Å²) in [5, 5.41) is 3.61. The molecule has 1 N–H and O–H groups in total. The van der Waals surface area contributed by atoms with Gasteiger partial charge in [-0.3, -0.25) is 4.79 Å². The molecule has 0 spiro atoms. The van der Waals surface area contributed by atoms with Gasteiger partial charge in [-0.1, -0.05) is 13.0 Å². The summed E-state index contributed by atoms with van der Waals surface area (Å²) in [6.07, 6.45) is 9.82. The number of hydrogen-bond donors (Lipinski definition) is 1. The minimum Gasteiger partial charge on any atom is -0.383 e. The van der Waals surface area contributed by atoms with Crippen LogP contribution in [0.2, 0.25) is 0 Å². The quantitative estimate of drug-likeness (QED) is 0.809. The van der Waals surface area contributed by atoms with Gasteiger partial charge in [-0.2, -0.15) is 0 Å². The number of fused-ring (bicyclic) bond motifs is 1. The maximum absolute atomic E-state index is 12.5. The summed E-state index contributed by atoms with van der Waals surface area (Å²) in [6.45, 7) is 8.75. The maximum atomic E-state index is 12.5. The predicted molar refractivity (Wildman–Crippen MR) is 87.7 cm³/mol. The Morgan fingerprint density at radius 3 is 2.67 bits per heavy atom. The van der Waals surface area contributed by atoms with E-state index in [1.165, 1.54) is 5.57 Å². The van der Waals surface area contributed by atoms with Gasteiger partial charge < -0.3 is 10.2 Å². The number of carbonyl (C=O) groups excluding carboxylic acids is 1. The average molecular weight is 288 g/mol. The second-order valence-corrected chi connectivity index (χ2v) is 7.60. The van der Waals surface area contributed by atoms with Gasteiger partial charge >= 0.3 is 0 Å². The van der Waals surface area contributed by atoms with Crippen molar-refractivity contribution >= 4 is 5.78 Å². The molecule has 1 heterocycles. The zero-order valence-corrected chi connectivity index (χ0v) is 14.2. The summed E-state index contributed by atoms with van der Waals surface area (Å²) in [6, 6.07) is 0. The molecule has 0 saturated carbocycles. The first kappa shape index (κ1) is 15.9. The molecule has 2 atom stereocenters. The van der Waals surface area contributed by atoms with E-state index in [1.807, 2.05) is 32.1 Å².